The number of H-pyrrole nitrogens is 1. The van der Waals surface area contributed by atoms with E-state index >= 15 is 0 Å². The Kier molecular flexibility index (Phi) is 2.86. The van der Waals surface area contributed by atoms with Gasteiger partial charge in [0.15, 0.2) is 5.78 Å². The smallest absolute Gasteiger partial charge is 0.198 e. The molecule has 0 saturated heterocycles. The predicted octanol–water partition coefficient (Wildman–Crippen LogP) is 3.62. The Bertz CT molecular complexity index is 795. The molecule has 20 heavy (non-hydrogen) atoms. The van der Waals surface area contributed by atoms with Gasteiger partial charge in [-0.05, 0) is 32.0 Å². The number of hydrogen-bond donors (Lipinski definition) is 1. The Balaban J connectivity index is 2.20. The average Bonchev–Trinajstić information content (AvgIpc) is 3.01. The number of hydrogen-bond acceptors (Lipinski definition) is 3. The van der Waals surface area contributed by atoms with Crippen molar-refractivity contribution in [1.82, 2.24) is 4.98 Å². The molecule has 0 bridgehead atoms. The molecule has 0 fully saturated rings. The minimum Gasteiger partial charge on any atom is -0.496 e. The number of carbonyl (C=O) groups excluding carboxylic acids is 1. The minimum absolute atomic E-state index is 0.0601. The largest absolute Gasteiger partial charge is 0.496 e. The van der Waals surface area contributed by atoms with Gasteiger partial charge in [0, 0.05) is 11.7 Å². The second-order valence-corrected chi connectivity index (χ2v) is 4.74. The molecule has 0 atom stereocenters. The molecule has 0 aliphatic carbocycles. The number of fused-ring (bicyclic) bond motifs is 1. The molecule has 0 saturated carbocycles. The summed E-state index contributed by atoms with van der Waals surface area (Å²) in [6, 6.07) is 7.42. The molecule has 2 aromatic heterocycles. The van der Waals surface area contributed by atoms with E-state index in [1.807, 2.05) is 25.1 Å². The number of nitrogens with one attached hydrogen (secondary N) is 1. The lowest BCUT2D eigenvalue weighted by atomic mass is 10.0. The van der Waals surface area contributed by atoms with Crippen LogP contribution >= 0.6 is 0 Å². The lowest BCUT2D eigenvalue weighted by Crippen LogP contribution is -2.01. The molecule has 4 nitrogen and oxygen atoms in total. The van der Waals surface area contributed by atoms with E-state index in [0.29, 0.717) is 22.6 Å². The Hall–Kier alpha value is -2.49. The number of ketones is 1. The molecule has 0 radical (unpaired) electrons. The van der Waals surface area contributed by atoms with E-state index in [-0.39, 0.29) is 5.78 Å². The van der Waals surface area contributed by atoms with Gasteiger partial charge >= 0.3 is 0 Å². The van der Waals surface area contributed by atoms with Crippen LogP contribution in [0, 0.1) is 13.8 Å². The topological polar surface area (TPSA) is 55.2 Å². The number of rotatable bonds is 3. The highest BCUT2D eigenvalue weighted by Crippen LogP contribution is 2.30. The standard InChI is InChI=1S/C16H15NO3/c1-9-7-11(10(2)20-9)16(18)12-8-17-13-5-4-6-14(19-3)15(12)13/h4-8,17H,1-3H3. The first kappa shape index (κ1) is 12.5. The van der Waals surface area contributed by atoms with E-state index in [4.69, 9.17) is 9.15 Å². The Morgan fingerprint density at radius 2 is 2.05 bits per heavy atom. The van der Waals surface area contributed by atoms with Gasteiger partial charge in [0.05, 0.1) is 23.6 Å². The molecule has 0 unspecified atom stereocenters. The van der Waals surface area contributed by atoms with Crippen molar-refractivity contribution in [1.29, 1.82) is 0 Å². The Morgan fingerprint density at radius 1 is 1.25 bits per heavy atom. The quantitative estimate of drug-likeness (QED) is 0.739. The van der Waals surface area contributed by atoms with Crippen LogP contribution in [0.3, 0.4) is 0 Å². The molecule has 4 heteroatoms. The summed E-state index contributed by atoms with van der Waals surface area (Å²) in [5.41, 5.74) is 2.07. The monoisotopic (exact) mass is 269 g/mol. The van der Waals surface area contributed by atoms with E-state index in [2.05, 4.69) is 4.98 Å². The minimum atomic E-state index is -0.0601. The number of aromatic amines is 1. The van der Waals surface area contributed by atoms with Gasteiger partial charge in [-0.1, -0.05) is 6.07 Å². The number of aromatic nitrogens is 1. The summed E-state index contributed by atoms with van der Waals surface area (Å²) in [7, 11) is 1.60. The molecule has 102 valence electrons. The van der Waals surface area contributed by atoms with Crippen LogP contribution in [0.2, 0.25) is 0 Å². The lowest BCUT2D eigenvalue weighted by Gasteiger charge is -2.03. The van der Waals surface area contributed by atoms with E-state index < -0.39 is 0 Å². The predicted molar refractivity (Wildman–Crippen MR) is 76.5 cm³/mol. The molecule has 1 N–H and O–H groups in total. The first-order valence-electron chi connectivity index (χ1n) is 6.37. The fraction of sp³-hybridized carbons (Fsp3) is 0.188. The van der Waals surface area contributed by atoms with Crippen LogP contribution in [-0.2, 0) is 0 Å². The first-order chi connectivity index (χ1) is 9.61. The lowest BCUT2D eigenvalue weighted by molar-refractivity contribution is 0.103. The zero-order valence-electron chi connectivity index (χ0n) is 11.6. The highest BCUT2D eigenvalue weighted by molar-refractivity contribution is 6.18. The van der Waals surface area contributed by atoms with E-state index in [0.717, 1.165) is 16.7 Å². The molecular formula is C16H15NO3. The summed E-state index contributed by atoms with van der Waals surface area (Å²) in [6.07, 6.45) is 1.72. The second-order valence-electron chi connectivity index (χ2n) is 4.74. The molecule has 0 amide bonds. The molecule has 1 aromatic carbocycles. The number of aryl methyl sites for hydroxylation is 2. The van der Waals surface area contributed by atoms with Crippen molar-refractivity contribution >= 4 is 16.7 Å². The summed E-state index contributed by atoms with van der Waals surface area (Å²) in [5, 5.41) is 0.804. The third-order valence-electron chi connectivity index (χ3n) is 3.42. The van der Waals surface area contributed by atoms with Crippen LogP contribution in [0.25, 0.3) is 10.9 Å². The van der Waals surface area contributed by atoms with Crippen molar-refractivity contribution in [3.8, 4) is 5.75 Å². The summed E-state index contributed by atoms with van der Waals surface area (Å²) in [4.78, 5) is 15.8. The summed E-state index contributed by atoms with van der Waals surface area (Å²) in [6.45, 7) is 3.63. The van der Waals surface area contributed by atoms with Gasteiger partial charge in [0.1, 0.15) is 17.3 Å². The number of methoxy groups -OCH3 is 1. The van der Waals surface area contributed by atoms with E-state index in [1.165, 1.54) is 0 Å². The number of furan rings is 1. The molecule has 0 aliphatic heterocycles. The summed E-state index contributed by atoms with van der Waals surface area (Å²) < 4.78 is 10.8. The van der Waals surface area contributed by atoms with Crippen molar-refractivity contribution in [3.63, 3.8) is 0 Å². The maximum absolute atomic E-state index is 12.7. The van der Waals surface area contributed by atoms with Gasteiger partial charge in [0.25, 0.3) is 0 Å². The van der Waals surface area contributed by atoms with E-state index in [9.17, 15) is 4.79 Å². The SMILES string of the molecule is COc1cccc2[nH]cc(C(=O)c3cc(C)oc3C)c12. The molecular weight excluding hydrogens is 254 g/mol. The Labute approximate surface area is 116 Å². The fourth-order valence-corrected chi connectivity index (χ4v) is 2.50. The Morgan fingerprint density at radius 3 is 2.70 bits per heavy atom. The van der Waals surface area contributed by atoms with Crippen LogP contribution in [0.15, 0.2) is 34.9 Å². The van der Waals surface area contributed by atoms with Gasteiger partial charge in [-0.15, -0.1) is 0 Å². The highest BCUT2D eigenvalue weighted by Gasteiger charge is 2.20. The van der Waals surface area contributed by atoms with Gasteiger partial charge in [-0.2, -0.15) is 0 Å². The maximum atomic E-state index is 12.7. The van der Waals surface area contributed by atoms with Gasteiger partial charge in [-0.25, -0.2) is 0 Å². The third kappa shape index (κ3) is 1.81. The van der Waals surface area contributed by atoms with Crippen LogP contribution < -0.4 is 4.74 Å². The zero-order valence-corrected chi connectivity index (χ0v) is 11.6. The van der Waals surface area contributed by atoms with Crippen LogP contribution in [-0.4, -0.2) is 17.9 Å². The normalized spacial score (nSPS) is 10.9. The summed E-state index contributed by atoms with van der Waals surface area (Å²) in [5.74, 6) is 1.99. The van der Waals surface area contributed by atoms with Crippen molar-refractivity contribution in [2.45, 2.75) is 13.8 Å². The number of benzene rings is 1. The van der Waals surface area contributed by atoms with Crippen LogP contribution in [0.4, 0.5) is 0 Å². The van der Waals surface area contributed by atoms with Crippen LogP contribution in [0.5, 0.6) is 5.75 Å². The number of ether oxygens (including phenoxy) is 1. The first-order valence-corrected chi connectivity index (χ1v) is 6.37. The molecule has 2 heterocycles. The zero-order chi connectivity index (χ0) is 14.3. The van der Waals surface area contributed by atoms with Crippen molar-refractivity contribution in [2.24, 2.45) is 0 Å². The van der Waals surface area contributed by atoms with Crippen LogP contribution in [0.1, 0.15) is 27.4 Å². The fourth-order valence-electron chi connectivity index (χ4n) is 2.50. The van der Waals surface area contributed by atoms with Crippen molar-refractivity contribution in [2.75, 3.05) is 7.11 Å². The average molecular weight is 269 g/mol. The third-order valence-corrected chi connectivity index (χ3v) is 3.42. The van der Waals surface area contributed by atoms with Gasteiger partial charge < -0.3 is 14.1 Å². The second kappa shape index (κ2) is 4.56. The van der Waals surface area contributed by atoms with Gasteiger partial charge in [0.2, 0.25) is 0 Å². The highest BCUT2D eigenvalue weighted by atomic mass is 16.5. The molecule has 3 aromatic rings. The van der Waals surface area contributed by atoms with Crippen molar-refractivity contribution in [3.05, 3.63) is 53.1 Å². The molecule has 0 aliphatic rings. The summed E-state index contributed by atoms with van der Waals surface area (Å²) >= 11 is 0. The van der Waals surface area contributed by atoms with Crippen molar-refractivity contribution < 1.29 is 13.9 Å². The maximum Gasteiger partial charge on any atom is 0.198 e. The molecule has 0 spiro atoms. The van der Waals surface area contributed by atoms with E-state index in [1.54, 1.807) is 26.3 Å². The van der Waals surface area contributed by atoms with Gasteiger partial charge in [-0.3, -0.25) is 4.79 Å². The number of carbonyl (C=O) groups is 1. The molecule has 3 rings (SSSR count).